The molecule has 29 heavy (non-hydrogen) atoms. The number of fused-ring (bicyclic) bond motifs is 1. The monoisotopic (exact) mass is 397 g/mol. The fourth-order valence-corrected chi connectivity index (χ4v) is 3.17. The topological polar surface area (TPSA) is 73.9 Å². The Labute approximate surface area is 171 Å². The largest absolute Gasteiger partial charge is 0.486 e. The van der Waals surface area contributed by atoms with Crippen LogP contribution < -0.4 is 14.8 Å². The average Bonchev–Trinajstić information content (AvgIpc) is 2.71. The summed E-state index contributed by atoms with van der Waals surface area (Å²) in [6.07, 6.45) is 0.142. The number of hydrogen-bond donors (Lipinski definition) is 1. The van der Waals surface area contributed by atoms with Crippen LogP contribution >= 0.6 is 0 Å². The van der Waals surface area contributed by atoms with E-state index >= 15 is 0 Å². The van der Waals surface area contributed by atoms with Gasteiger partial charge in [-0.05, 0) is 36.1 Å². The van der Waals surface area contributed by atoms with Gasteiger partial charge in [0.05, 0.1) is 12.5 Å². The van der Waals surface area contributed by atoms with Gasteiger partial charge in [0.25, 0.3) is 5.91 Å². The molecule has 1 heterocycles. The van der Waals surface area contributed by atoms with Crippen LogP contribution in [0.25, 0.3) is 0 Å². The summed E-state index contributed by atoms with van der Waals surface area (Å²) in [5.41, 5.74) is 2.90. The molecule has 6 heteroatoms. The summed E-state index contributed by atoms with van der Waals surface area (Å²) in [7, 11) is 0. The lowest BCUT2D eigenvalue weighted by atomic mass is 9.95. The first-order valence-corrected chi connectivity index (χ1v) is 9.82. The number of amides is 1. The van der Waals surface area contributed by atoms with Crippen LogP contribution in [-0.2, 0) is 20.7 Å². The van der Waals surface area contributed by atoms with Crippen molar-refractivity contribution >= 4 is 11.9 Å². The highest BCUT2D eigenvalue weighted by Crippen LogP contribution is 2.34. The second-order valence-electron chi connectivity index (χ2n) is 7.52. The number of rotatable bonds is 7. The SMILES string of the molecule is Cc1ccc(CC(=O)OCC(=O)N[C@H](c2ccc3c(c2)OCCO3)C(C)C)cc1. The molecule has 0 aromatic heterocycles. The zero-order chi connectivity index (χ0) is 20.8. The molecule has 6 nitrogen and oxygen atoms in total. The van der Waals surface area contributed by atoms with Gasteiger partial charge in [-0.25, -0.2) is 0 Å². The van der Waals surface area contributed by atoms with Gasteiger partial charge < -0.3 is 19.5 Å². The van der Waals surface area contributed by atoms with E-state index in [1.165, 1.54) is 0 Å². The second-order valence-corrected chi connectivity index (χ2v) is 7.52. The molecule has 1 atom stereocenters. The summed E-state index contributed by atoms with van der Waals surface area (Å²) in [4.78, 5) is 24.4. The standard InChI is InChI=1S/C23H27NO5/c1-15(2)23(18-8-9-19-20(13-18)28-11-10-27-19)24-21(25)14-29-22(26)12-17-6-4-16(3)5-7-17/h4-9,13,15,23H,10-12,14H2,1-3H3,(H,24,25)/t23-/m0/s1. The predicted octanol–water partition coefficient (Wildman–Crippen LogP) is 3.37. The highest BCUT2D eigenvalue weighted by atomic mass is 16.6. The van der Waals surface area contributed by atoms with E-state index in [0.717, 1.165) is 16.7 Å². The highest BCUT2D eigenvalue weighted by Gasteiger charge is 2.22. The Kier molecular flexibility index (Phi) is 6.75. The molecule has 0 saturated heterocycles. The van der Waals surface area contributed by atoms with Crippen LogP contribution in [-0.4, -0.2) is 31.7 Å². The first-order chi connectivity index (χ1) is 13.9. The van der Waals surface area contributed by atoms with Crippen LogP contribution in [0.3, 0.4) is 0 Å². The molecule has 154 valence electrons. The minimum Gasteiger partial charge on any atom is -0.486 e. The average molecular weight is 397 g/mol. The number of carbonyl (C=O) groups is 2. The summed E-state index contributed by atoms with van der Waals surface area (Å²) in [5, 5.41) is 2.95. The van der Waals surface area contributed by atoms with Gasteiger partial charge >= 0.3 is 5.97 Å². The maximum Gasteiger partial charge on any atom is 0.310 e. The molecule has 2 aromatic carbocycles. The molecule has 0 fully saturated rings. The van der Waals surface area contributed by atoms with E-state index in [1.54, 1.807) is 0 Å². The third kappa shape index (κ3) is 5.73. The second kappa shape index (κ2) is 9.45. The number of ether oxygens (including phenoxy) is 3. The smallest absolute Gasteiger partial charge is 0.310 e. The Bertz CT molecular complexity index is 860. The van der Waals surface area contributed by atoms with Crippen molar-refractivity contribution in [1.29, 1.82) is 0 Å². The molecular formula is C23H27NO5. The first kappa shape index (κ1) is 20.7. The number of esters is 1. The zero-order valence-corrected chi connectivity index (χ0v) is 17.1. The van der Waals surface area contributed by atoms with Crippen LogP contribution in [0.4, 0.5) is 0 Å². The van der Waals surface area contributed by atoms with E-state index < -0.39 is 5.97 Å². The van der Waals surface area contributed by atoms with Crippen LogP contribution in [0.2, 0.25) is 0 Å². The molecule has 1 amide bonds. The van der Waals surface area contributed by atoms with E-state index in [1.807, 2.05) is 63.2 Å². The lowest BCUT2D eigenvalue weighted by Crippen LogP contribution is -2.35. The molecule has 1 N–H and O–H groups in total. The fourth-order valence-electron chi connectivity index (χ4n) is 3.17. The minimum absolute atomic E-state index is 0.142. The molecule has 1 aliphatic rings. The Morgan fingerprint density at radius 1 is 1.03 bits per heavy atom. The molecule has 0 unspecified atom stereocenters. The van der Waals surface area contributed by atoms with Crippen molar-refractivity contribution in [3.8, 4) is 11.5 Å². The summed E-state index contributed by atoms with van der Waals surface area (Å²) >= 11 is 0. The van der Waals surface area contributed by atoms with Gasteiger partial charge in [0.2, 0.25) is 0 Å². The van der Waals surface area contributed by atoms with E-state index in [9.17, 15) is 9.59 Å². The van der Waals surface area contributed by atoms with Gasteiger partial charge in [-0.3, -0.25) is 9.59 Å². The fraction of sp³-hybridized carbons (Fsp3) is 0.391. The van der Waals surface area contributed by atoms with E-state index in [-0.39, 0.29) is 30.9 Å². The van der Waals surface area contributed by atoms with Crippen molar-refractivity contribution in [2.45, 2.75) is 33.2 Å². The normalized spacial score (nSPS) is 13.7. The van der Waals surface area contributed by atoms with E-state index in [2.05, 4.69) is 5.32 Å². The molecule has 0 bridgehead atoms. The maximum absolute atomic E-state index is 12.4. The van der Waals surface area contributed by atoms with Crippen molar-refractivity contribution in [2.75, 3.05) is 19.8 Å². The first-order valence-electron chi connectivity index (χ1n) is 9.82. The van der Waals surface area contributed by atoms with Gasteiger partial charge in [0.15, 0.2) is 18.1 Å². The van der Waals surface area contributed by atoms with Crippen LogP contribution in [0.15, 0.2) is 42.5 Å². The lowest BCUT2D eigenvalue weighted by Gasteiger charge is -2.25. The molecule has 2 aromatic rings. The summed E-state index contributed by atoms with van der Waals surface area (Å²) in [5.74, 6) is 0.766. The van der Waals surface area contributed by atoms with Crippen molar-refractivity contribution in [1.82, 2.24) is 5.32 Å². The Hall–Kier alpha value is -3.02. The molecule has 0 saturated carbocycles. The molecule has 0 spiro atoms. The van der Waals surface area contributed by atoms with Gasteiger partial charge in [0.1, 0.15) is 13.2 Å². The number of aryl methyl sites for hydroxylation is 1. The Morgan fingerprint density at radius 3 is 2.41 bits per heavy atom. The number of nitrogens with one attached hydrogen (secondary N) is 1. The van der Waals surface area contributed by atoms with E-state index in [4.69, 9.17) is 14.2 Å². The third-order valence-corrected chi connectivity index (χ3v) is 4.74. The van der Waals surface area contributed by atoms with Crippen molar-refractivity contribution in [2.24, 2.45) is 5.92 Å². The molecule has 1 aliphatic heterocycles. The molecule has 0 aliphatic carbocycles. The van der Waals surface area contributed by atoms with Crippen LogP contribution in [0, 0.1) is 12.8 Å². The van der Waals surface area contributed by atoms with Gasteiger partial charge in [-0.2, -0.15) is 0 Å². The van der Waals surface area contributed by atoms with Crippen molar-refractivity contribution in [3.05, 3.63) is 59.2 Å². The summed E-state index contributed by atoms with van der Waals surface area (Å²) in [6.45, 7) is 6.75. The number of hydrogen-bond acceptors (Lipinski definition) is 5. The highest BCUT2D eigenvalue weighted by molar-refractivity contribution is 5.81. The van der Waals surface area contributed by atoms with E-state index in [0.29, 0.717) is 24.7 Å². The Morgan fingerprint density at radius 2 is 1.72 bits per heavy atom. The lowest BCUT2D eigenvalue weighted by molar-refractivity contribution is -0.148. The van der Waals surface area contributed by atoms with Gasteiger partial charge in [0, 0.05) is 0 Å². The maximum atomic E-state index is 12.4. The van der Waals surface area contributed by atoms with Crippen LogP contribution in [0.5, 0.6) is 11.5 Å². The minimum atomic E-state index is -0.426. The third-order valence-electron chi connectivity index (χ3n) is 4.74. The number of benzene rings is 2. The summed E-state index contributed by atoms with van der Waals surface area (Å²) in [6, 6.07) is 13.1. The quantitative estimate of drug-likeness (QED) is 0.725. The van der Waals surface area contributed by atoms with Gasteiger partial charge in [-0.1, -0.05) is 49.7 Å². The zero-order valence-electron chi connectivity index (χ0n) is 17.1. The molecular weight excluding hydrogens is 370 g/mol. The molecule has 0 radical (unpaired) electrons. The number of carbonyl (C=O) groups excluding carboxylic acids is 2. The Balaban J connectivity index is 1.55. The van der Waals surface area contributed by atoms with Crippen LogP contribution in [0.1, 0.15) is 36.6 Å². The predicted molar refractivity (Wildman–Crippen MR) is 109 cm³/mol. The van der Waals surface area contributed by atoms with Crippen molar-refractivity contribution < 1.29 is 23.8 Å². The van der Waals surface area contributed by atoms with Crippen molar-refractivity contribution in [3.63, 3.8) is 0 Å². The molecule has 3 rings (SSSR count). The summed E-state index contributed by atoms with van der Waals surface area (Å²) < 4.78 is 16.3. The van der Waals surface area contributed by atoms with Gasteiger partial charge in [-0.15, -0.1) is 0 Å².